The summed E-state index contributed by atoms with van der Waals surface area (Å²) in [5.41, 5.74) is 1.74. The van der Waals surface area contributed by atoms with Gasteiger partial charge >= 0.3 is 5.97 Å². The zero-order chi connectivity index (χ0) is 14.7. The van der Waals surface area contributed by atoms with Gasteiger partial charge in [-0.1, -0.05) is 17.3 Å². The van der Waals surface area contributed by atoms with Gasteiger partial charge in [0.25, 0.3) is 5.89 Å². The first-order valence-electron chi connectivity index (χ1n) is 6.27. The Morgan fingerprint density at radius 3 is 2.90 bits per heavy atom. The van der Waals surface area contributed by atoms with Gasteiger partial charge in [-0.05, 0) is 29.8 Å². The van der Waals surface area contributed by atoms with Crippen molar-refractivity contribution in [1.29, 1.82) is 0 Å². The molecular weight excluding hydrogens is 270 g/mol. The van der Waals surface area contributed by atoms with Crippen LogP contribution in [0.5, 0.6) is 0 Å². The maximum absolute atomic E-state index is 11.0. The molecule has 0 bridgehead atoms. The molecule has 6 nitrogen and oxygen atoms in total. The van der Waals surface area contributed by atoms with Gasteiger partial charge in [0.1, 0.15) is 0 Å². The van der Waals surface area contributed by atoms with E-state index in [0.717, 1.165) is 5.56 Å². The van der Waals surface area contributed by atoms with E-state index >= 15 is 0 Å². The minimum atomic E-state index is -0.994. The molecule has 2 heterocycles. The molecule has 0 aliphatic rings. The van der Waals surface area contributed by atoms with Crippen LogP contribution in [0.25, 0.3) is 11.5 Å². The summed E-state index contributed by atoms with van der Waals surface area (Å²) in [6, 6.07) is 10.2. The molecule has 0 saturated carbocycles. The quantitative estimate of drug-likeness (QED) is 0.790. The zero-order valence-corrected chi connectivity index (χ0v) is 10.9. The van der Waals surface area contributed by atoms with Gasteiger partial charge in [-0.2, -0.15) is 4.98 Å². The molecule has 0 amide bonds. The van der Waals surface area contributed by atoms with Gasteiger partial charge in [0, 0.05) is 24.4 Å². The fourth-order valence-corrected chi connectivity index (χ4v) is 1.91. The van der Waals surface area contributed by atoms with Crippen molar-refractivity contribution in [2.24, 2.45) is 0 Å². The van der Waals surface area contributed by atoms with Crippen molar-refractivity contribution in [2.75, 3.05) is 0 Å². The van der Waals surface area contributed by atoms with E-state index in [1.807, 2.05) is 12.1 Å². The summed E-state index contributed by atoms with van der Waals surface area (Å²) in [6.45, 7) is 0. The Morgan fingerprint density at radius 1 is 1.24 bits per heavy atom. The summed E-state index contributed by atoms with van der Waals surface area (Å²) in [5, 5.41) is 12.9. The third-order valence-corrected chi connectivity index (χ3v) is 2.91. The normalized spacial score (nSPS) is 10.5. The van der Waals surface area contributed by atoms with Crippen LogP contribution in [0.1, 0.15) is 21.7 Å². The number of carbonyl (C=O) groups is 1. The predicted octanol–water partition coefficient (Wildman–Crippen LogP) is 2.42. The number of carboxylic acid groups (broad SMARTS) is 1. The van der Waals surface area contributed by atoms with Crippen LogP contribution in [0.3, 0.4) is 0 Å². The number of hydrogen-bond donors (Lipinski definition) is 1. The van der Waals surface area contributed by atoms with Crippen LogP contribution < -0.4 is 0 Å². The van der Waals surface area contributed by atoms with Gasteiger partial charge < -0.3 is 9.63 Å². The highest BCUT2D eigenvalue weighted by Gasteiger charge is 2.11. The van der Waals surface area contributed by atoms with Crippen LogP contribution in [0.4, 0.5) is 0 Å². The average Bonchev–Trinajstić information content (AvgIpc) is 2.97. The van der Waals surface area contributed by atoms with Crippen molar-refractivity contribution < 1.29 is 14.4 Å². The van der Waals surface area contributed by atoms with E-state index in [2.05, 4.69) is 15.1 Å². The molecule has 0 atom stereocenters. The molecule has 0 unspecified atom stereocenters. The highest BCUT2D eigenvalue weighted by molar-refractivity contribution is 5.88. The second-order valence-electron chi connectivity index (χ2n) is 4.44. The minimum absolute atomic E-state index is 0.180. The maximum Gasteiger partial charge on any atom is 0.335 e. The van der Waals surface area contributed by atoms with Crippen molar-refractivity contribution in [1.82, 2.24) is 15.1 Å². The Bertz CT molecular complexity index is 769. The first kappa shape index (κ1) is 13.0. The highest BCUT2D eigenvalue weighted by atomic mass is 16.5. The molecule has 0 radical (unpaired) electrons. The third kappa shape index (κ3) is 2.94. The Kier molecular flexibility index (Phi) is 3.42. The third-order valence-electron chi connectivity index (χ3n) is 2.91. The average molecular weight is 281 g/mol. The van der Waals surface area contributed by atoms with Crippen LogP contribution in [-0.4, -0.2) is 26.2 Å². The summed E-state index contributed by atoms with van der Waals surface area (Å²) in [5.74, 6) is -0.164. The number of nitrogens with zero attached hydrogens (tertiary/aromatic N) is 3. The SMILES string of the molecule is O=C(O)c1cccc(-c2nc(Cc3cccnc3)no2)c1. The van der Waals surface area contributed by atoms with Crippen LogP contribution in [0.2, 0.25) is 0 Å². The number of carboxylic acids is 1. The van der Waals surface area contributed by atoms with Crippen molar-refractivity contribution >= 4 is 5.97 Å². The second kappa shape index (κ2) is 5.54. The Morgan fingerprint density at radius 2 is 2.14 bits per heavy atom. The number of benzene rings is 1. The molecule has 0 saturated heterocycles. The monoisotopic (exact) mass is 281 g/mol. The molecule has 2 aromatic heterocycles. The van der Waals surface area contributed by atoms with Gasteiger partial charge in [-0.15, -0.1) is 0 Å². The molecule has 3 rings (SSSR count). The second-order valence-corrected chi connectivity index (χ2v) is 4.44. The van der Waals surface area contributed by atoms with E-state index in [4.69, 9.17) is 9.63 Å². The first-order valence-corrected chi connectivity index (χ1v) is 6.27. The Labute approximate surface area is 120 Å². The van der Waals surface area contributed by atoms with Gasteiger partial charge in [-0.25, -0.2) is 4.79 Å². The van der Waals surface area contributed by atoms with Crippen LogP contribution >= 0.6 is 0 Å². The standard InChI is InChI=1S/C15H11N3O3/c19-15(20)12-5-1-4-11(8-12)14-17-13(18-21-14)7-10-3-2-6-16-9-10/h1-6,8-9H,7H2,(H,19,20). The Balaban J connectivity index is 1.85. The number of aromatic nitrogens is 3. The van der Waals surface area contributed by atoms with Crippen molar-refractivity contribution in [2.45, 2.75) is 6.42 Å². The number of pyridine rings is 1. The number of hydrogen-bond acceptors (Lipinski definition) is 5. The fraction of sp³-hybridized carbons (Fsp3) is 0.0667. The lowest BCUT2D eigenvalue weighted by Gasteiger charge is -1.96. The lowest BCUT2D eigenvalue weighted by atomic mass is 10.1. The molecule has 104 valence electrons. The van der Waals surface area contributed by atoms with Crippen LogP contribution in [0.15, 0.2) is 53.3 Å². The first-order chi connectivity index (χ1) is 10.2. The van der Waals surface area contributed by atoms with E-state index in [0.29, 0.717) is 23.7 Å². The van der Waals surface area contributed by atoms with E-state index in [9.17, 15) is 4.79 Å². The predicted molar refractivity (Wildman–Crippen MR) is 73.7 cm³/mol. The number of rotatable bonds is 4. The topological polar surface area (TPSA) is 89.1 Å². The zero-order valence-electron chi connectivity index (χ0n) is 10.9. The van der Waals surface area contributed by atoms with Gasteiger partial charge in [0.2, 0.25) is 0 Å². The summed E-state index contributed by atoms with van der Waals surface area (Å²) >= 11 is 0. The van der Waals surface area contributed by atoms with E-state index in [1.54, 1.807) is 24.5 Å². The fourth-order valence-electron chi connectivity index (χ4n) is 1.91. The molecule has 0 aliphatic carbocycles. The summed E-state index contributed by atoms with van der Waals surface area (Å²) in [7, 11) is 0. The van der Waals surface area contributed by atoms with Crippen molar-refractivity contribution in [3.63, 3.8) is 0 Å². The lowest BCUT2D eigenvalue weighted by Crippen LogP contribution is -1.96. The summed E-state index contributed by atoms with van der Waals surface area (Å²) in [4.78, 5) is 19.3. The largest absolute Gasteiger partial charge is 0.478 e. The van der Waals surface area contributed by atoms with Gasteiger partial charge in [-0.3, -0.25) is 4.98 Å². The van der Waals surface area contributed by atoms with Crippen molar-refractivity contribution in [3.8, 4) is 11.5 Å². The van der Waals surface area contributed by atoms with Gasteiger partial charge in [0.15, 0.2) is 5.82 Å². The smallest absolute Gasteiger partial charge is 0.335 e. The van der Waals surface area contributed by atoms with Crippen LogP contribution in [-0.2, 0) is 6.42 Å². The molecule has 3 aromatic rings. The van der Waals surface area contributed by atoms with Crippen LogP contribution in [0, 0.1) is 0 Å². The van der Waals surface area contributed by atoms with Crippen molar-refractivity contribution in [3.05, 3.63) is 65.7 Å². The molecule has 0 aliphatic heterocycles. The molecule has 0 spiro atoms. The lowest BCUT2D eigenvalue weighted by molar-refractivity contribution is 0.0697. The number of aromatic carboxylic acids is 1. The van der Waals surface area contributed by atoms with E-state index in [-0.39, 0.29) is 5.56 Å². The van der Waals surface area contributed by atoms with Gasteiger partial charge in [0.05, 0.1) is 5.56 Å². The summed E-state index contributed by atoms with van der Waals surface area (Å²) < 4.78 is 5.18. The summed E-state index contributed by atoms with van der Waals surface area (Å²) in [6.07, 6.45) is 3.94. The minimum Gasteiger partial charge on any atom is -0.478 e. The molecule has 1 aromatic carbocycles. The Hall–Kier alpha value is -3.02. The maximum atomic E-state index is 11.0. The molecule has 6 heteroatoms. The molecule has 1 N–H and O–H groups in total. The molecular formula is C15H11N3O3. The molecule has 21 heavy (non-hydrogen) atoms. The molecule has 0 fully saturated rings. The van der Waals surface area contributed by atoms with E-state index < -0.39 is 5.97 Å². The van der Waals surface area contributed by atoms with E-state index in [1.165, 1.54) is 12.1 Å². The highest BCUT2D eigenvalue weighted by Crippen LogP contribution is 2.19.